The Morgan fingerprint density at radius 1 is 1.21 bits per heavy atom. The summed E-state index contributed by atoms with van der Waals surface area (Å²) in [5.74, 6) is -0.867. The van der Waals surface area contributed by atoms with Gasteiger partial charge in [-0.15, -0.1) is 0 Å². The predicted molar refractivity (Wildman–Crippen MR) is 93.2 cm³/mol. The second-order valence-corrected chi connectivity index (χ2v) is 6.24. The van der Waals surface area contributed by atoms with E-state index in [0.717, 1.165) is 6.08 Å². The van der Waals surface area contributed by atoms with E-state index in [1.165, 1.54) is 21.0 Å². The van der Waals surface area contributed by atoms with Crippen molar-refractivity contribution in [2.45, 2.75) is 26.3 Å². The molecular weight excluding hydrogens is 378 g/mol. The van der Waals surface area contributed by atoms with Crippen molar-refractivity contribution in [2.24, 2.45) is 0 Å². The fourth-order valence-corrected chi connectivity index (χ4v) is 2.20. The average Bonchev–Trinajstić information content (AvgIpc) is 2.53. The molecule has 0 radical (unpaired) electrons. The predicted octanol–water partition coefficient (Wildman–Crippen LogP) is 2.61. The Balaban J connectivity index is 2.81. The van der Waals surface area contributed by atoms with Gasteiger partial charge in [-0.1, -0.05) is 0 Å². The number of carbonyl (C=O) groups excluding carboxylic acids is 3. The number of nitrogens with one attached hydrogen (secondary N) is 1. The van der Waals surface area contributed by atoms with Crippen LogP contribution in [0.4, 0.5) is 0 Å². The molecule has 7 heteroatoms. The van der Waals surface area contributed by atoms with Gasteiger partial charge in [0.2, 0.25) is 5.91 Å². The van der Waals surface area contributed by atoms with Gasteiger partial charge in [0.05, 0.1) is 18.2 Å². The number of hydrogen-bond donors (Lipinski definition) is 1. The van der Waals surface area contributed by atoms with E-state index >= 15 is 0 Å². The number of halogens is 1. The quantitative estimate of drug-likeness (QED) is 0.434. The number of ketones is 1. The highest BCUT2D eigenvalue weighted by atomic mass is 79.9. The second-order valence-electron chi connectivity index (χ2n) is 5.38. The number of hydrogen-bond acceptors (Lipinski definition) is 5. The number of methoxy groups -OCH3 is 1. The molecule has 0 aromatic heterocycles. The minimum Gasteiger partial charge on any atom is -0.497 e. The zero-order valence-corrected chi connectivity index (χ0v) is 15.6. The van der Waals surface area contributed by atoms with Crippen molar-refractivity contribution in [3.63, 3.8) is 0 Å². The molecule has 0 heterocycles. The molecule has 0 aliphatic heterocycles. The summed E-state index contributed by atoms with van der Waals surface area (Å²) in [6.07, 6.45) is 1.09. The third-order valence-electron chi connectivity index (χ3n) is 3.05. The Hall–Kier alpha value is -2.15. The van der Waals surface area contributed by atoms with Crippen molar-refractivity contribution >= 4 is 33.6 Å². The molecule has 130 valence electrons. The van der Waals surface area contributed by atoms with Crippen LogP contribution in [0, 0.1) is 0 Å². The van der Waals surface area contributed by atoms with E-state index in [0.29, 0.717) is 11.3 Å². The van der Waals surface area contributed by atoms with E-state index in [4.69, 9.17) is 9.47 Å². The van der Waals surface area contributed by atoms with Crippen molar-refractivity contribution in [1.29, 1.82) is 0 Å². The van der Waals surface area contributed by atoms with E-state index < -0.39 is 17.4 Å². The van der Waals surface area contributed by atoms with Crippen LogP contribution < -0.4 is 10.1 Å². The molecular formula is C17H20BrNO5. The maximum absolute atomic E-state index is 12.3. The van der Waals surface area contributed by atoms with Crippen LogP contribution in [0.5, 0.6) is 5.75 Å². The lowest BCUT2D eigenvalue weighted by Gasteiger charge is -2.23. The van der Waals surface area contributed by atoms with Crippen LogP contribution in [0.15, 0.2) is 34.8 Å². The molecule has 0 aliphatic carbocycles. The van der Waals surface area contributed by atoms with Crippen LogP contribution in [-0.2, 0) is 14.3 Å². The number of rotatable bonds is 7. The number of amides is 1. The molecule has 0 atom stereocenters. The van der Waals surface area contributed by atoms with Crippen molar-refractivity contribution in [3.8, 4) is 5.75 Å². The van der Waals surface area contributed by atoms with Gasteiger partial charge in [-0.2, -0.15) is 0 Å². The summed E-state index contributed by atoms with van der Waals surface area (Å²) in [6, 6.07) is 6.49. The van der Waals surface area contributed by atoms with Crippen LogP contribution in [0.1, 0.15) is 31.1 Å². The second kappa shape index (κ2) is 8.63. The summed E-state index contributed by atoms with van der Waals surface area (Å²) < 4.78 is 9.99. The van der Waals surface area contributed by atoms with Gasteiger partial charge in [0, 0.05) is 11.6 Å². The van der Waals surface area contributed by atoms with Gasteiger partial charge >= 0.3 is 5.97 Å². The molecule has 1 aromatic carbocycles. The smallest absolute Gasteiger partial charge is 0.331 e. The first-order valence-corrected chi connectivity index (χ1v) is 8.06. The topological polar surface area (TPSA) is 81.7 Å². The molecule has 0 aliphatic rings. The van der Waals surface area contributed by atoms with Gasteiger partial charge in [-0.25, -0.2) is 4.79 Å². The van der Waals surface area contributed by atoms with Crippen LogP contribution in [0.3, 0.4) is 0 Å². The highest BCUT2D eigenvalue weighted by Gasteiger charge is 2.30. The van der Waals surface area contributed by atoms with Crippen LogP contribution in [0.2, 0.25) is 0 Å². The molecule has 1 N–H and O–H groups in total. The maximum Gasteiger partial charge on any atom is 0.331 e. The standard InChI is InChI=1S/C17H20BrNO5/c1-5-24-16(22)17(2,3)19-14(20)10-13(18)15(21)11-6-8-12(23-4)9-7-11/h6-10H,5H2,1-4H3,(H,19,20). The van der Waals surface area contributed by atoms with E-state index in [2.05, 4.69) is 21.2 Å². The number of esters is 1. The molecule has 0 saturated heterocycles. The zero-order chi connectivity index (χ0) is 18.3. The lowest BCUT2D eigenvalue weighted by molar-refractivity contribution is -0.151. The molecule has 1 amide bonds. The van der Waals surface area contributed by atoms with E-state index in [1.54, 1.807) is 31.2 Å². The van der Waals surface area contributed by atoms with E-state index in [-0.39, 0.29) is 16.9 Å². The fourth-order valence-electron chi connectivity index (χ4n) is 1.77. The average molecular weight is 398 g/mol. The minimum absolute atomic E-state index is 0.0739. The molecule has 0 saturated carbocycles. The first kappa shape index (κ1) is 19.9. The summed E-state index contributed by atoms with van der Waals surface area (Å²) in [5.41, 5.74) is -0.795. The molecule has 0 bridgehead atoms. The van der Waals surface area contributed by atoms with Crippen molar-refractivity contribution in [2.75, 3.05) is 13.7 Å². The van der Waals surface area contributed by atoms with Gasteiger partial charge in [-0.05, 0) is 61.0 Å². The summed E-state index contributed by atoms with van der Waals surface area (Å²) >= 11 is 3.09. The number of allylic oxidation sites excluding steroid dienone is 1. The Bertz CT molecular complexity index is 649. The Kier molecular flexibility index (Phi) is 7.16. The number of Topliss-reactive ketones (excluding diaryl/α,β-unsaturated/α-hetero) is 1. The van der Waals surface area contributed by atoms with Gasteiger partial charge in [-0.3, -0.25) is 9.59 Å². The third kappa shape index (κ3) is 5.49. The van der Waals surface area contributed by atoms with Crippen LogP contribution in [-0.4, -0.2) is 36.9 Å². The number of ether oxygens (including phenoxy) is 2. The SMILES string of the molecule is CCOC(=O)C(C)(C)NC(=O)C=C(Br)C(=O)c1ccc(OC)cc1. The summed E-state index contributed by atoms with van der Waals surface area (Å²) in [5, 5.41) is 2.50. The normalized spacial score (nSPS) is 11.6. The van der Waals surface area contributed by atoms with Gasteiger partial charge in [0.15, 0.2) is 5.78 Å². The van der Waals surface area contributed by atoms with Gasteiger partial charge < -0.3 is 14.8 Å². The van der Waals surface area contributed by atoms with Crippen LogP contribution >= 0.6 is 15.9 Å². The largest absolute Gasteiger partial charge is 0.497 e. The summed E-state index contributed by atoms with van der Waals surface area (Å²) in [4.78, 5) is 36.0. The Morgan fingerprint density at radius 3 is 2.29 bits per heavy atom. The van der Waals surface area contributed by atoms with E-state index in [1.807, 2.05) is 0 Å². The van der Waals surface area contributed by atoms with Gasteiger partial charge in [0.1, 0.15) is 11.3 Å². The summed E-state index contributed by atoms with van der Waals surface area (Å²) in [6.45, 7) is 4.94. The highest BCUT2D eigenvalue weighted by Crippen LogP contribution is 2.18. The molecule has 24 heavy (non-hydrogen) atoms. The first-order chi connectivity index (χ1) is 11.2. The third-order valence-corrected chi connectivity index (χ3v) is 3.64. The highest BCUT2D eigenvalue weighted by molar-refractivity contribution is 9.12. The van der Waals surface area contributed by atoms with Crippen molar-refractivity contribution in [1.82, 2.24) is 5.32 Å². The Morgan fingerprint density at radius 2 is 1.79 bits per heavy atom. The number of carbonyl (C=O) groups is 3. The lowest BCUT2D eigenvalue weighted by Crippen LogP contribution is -2.50. The van der Waals surface area contributed by atoms with Crippen molar-refractivity contribution < 1.29 is 23.9 Å². The number of benzene rings is 1. The maximum atomic E-state index is 12.3. The monoisotopic (exact) mass is 397 g/mol. The summed E-state index contributed by atoms with van der Waals surface area (Å²) in [7, 11) is 1.53. The van der Waals surface area contributed by atoms with Gasteiger partial charge in [0.25, 0.3) is 0 Å². The van der Waals surface area contributed by atoms with Crippen molar-refractivity contribution in [3.05, 3.63) is 40.4 Å². The van der Waals surface area contributed by atoms with E-state index in [9.17, 15) is 14.4 Å². The lowest BCUT2D eigenvalue weighted by atomic mass is 10.1. The Labute approximate surface area is 149 Å². The molecule has 0 spiro atoms. The van der Waals surface area contributed by atoms with Crippen LogP contribution in [0.25, 0.3) is 0 Å². The molecule has 0 fully saturated rings. The first-order valence-electron chi connectivity index (χ1n) is 7.26. The molecule has 1 rings (SSSR count). The molecule has 0 unspecified atom stereocenters. The zero-order valence-electron chi connectivity index (χ0n) is 14.0. The fraction of sp³-hybridized carbons (Fsp3) is 0.353. The molecule has 6 nitrogen and oxygen atoms in total. The molecule has 1 aromatic rings. The minimum atomic E-state index is -1.19.